The highest BCUT2D eigenvalue weighted by Crippen LogP contribution is 2.30. The Kier molecular flexibility index (Phi) is 3.57. The van der Waals surface area contributed by atoms with Crippen molar-refractivity contribution in [2.75, 3.05) is 16.8 Å². The number of anilines is 2. The molecule has 0 radical (unpaired) electrons. The second-order valence-corrected chi connectivity index (χ2v) is 7.57. The van der Waals surface area contributed by atoms with Crippen LogP contribution in [0.5, 0.6) is 0 Å². The van der Waals surface area contributed by atoms with Crippen molar-refractivity contribution in [3.63, 3.8) is 0 Å². The molecule has 0 saturated carbocycles. The first kappa shape index (κ1) is 16.3. The molecule has 132 valence electrons. The number of rotatable bonds is 1. The number of benzene rings is 1. The van der Waals surface area contributed by atoms with E-state index in [-0.39, 0.29) is 23.8 Å². The number of nitrogens with one attached hydrogen (secondary N) is 2. The van der Waals surface area contributed by atoms with Gasteiger partial charge in [-0.25, -0.2) is 0 Å². The third-order valence-corrected chi connectivity index (χ3v) is 4.63. The topological polar surface area (TPSA) is 78.1 Å². The average molecular weight is 348 g/mol. The molecule has 6 heteroatoms. The van der Waals surface area contributed by atoms with Gasteiger partial charge in [-0.3, -0.25) is 19.5 Å². The van der Waals surface area contributed by atoms with Crippen LogP contribution in [0.25, 0.3) is 10.9 Å². The number of amides is 2. The molecule has 1 aromatic carbocycles. The summed E-state index contributed by atoms with van der Waals surface area (Å²) in [4.78, 5) is 33.7. The van der Waals surface area contributed by atoms with E-state index in [4.69, 9.17) is 0 Å². The van der Waals surface area contributed by atoms with E-state index in [1.54, 1.807) is 18.5 Å². The number of aromatic nitrogens is 2. The van der Waals surface area contributed by atoms with Gasteiger partial charge in [-0.2, -0.15) is 0 Å². The first-order chi connectivity index (χ1) is 12.3. The van der Waals surface area contributed by atoms with Crippen molar-refractivity contribution in [3.8, 4) is 0 Å². The highest BCUT2D eigenvalue weighted by Gasteiger charge is 2.28. The van der Waals surface area contributed by atoms with Gasteiger partial charge in [0.1, 0.15) is 12.2 Å². The molecule has 4 rings (SSSR count). The van der Waals surface area contributed by atoms with Crippen molar-refractivity contribution in [2.45, 2.75) is 26.2 Å². The van der Waals surface area contributed by atoms with E-state index in [2.05, 4.69) is 48.2 Å². The standard InChI is InChI=1S/C20H20N4O2/c1-20(2,3)13-4-5-14-12(8-13)9-15(22-14)19(26)24-11-18(25)23-16-10-21-7-6-17(16)24/h4-10,22H,11H2,1-3H3,(H,23,25). The number of aromatic amines is 1. The summed E-state index contributed by atoms with van der Waals surface area (Å²) in [6.07, 6.45) is 3.16. The summed E-state index contributed by atoms with van der Waals surface area (Å²) in [5, 5.41) is 3.72. The summed E-state index contributed by atoms with van der Waals surface area (Å²) in [6, 6.07) is 9.74. The minimum atomic E-state index is -0.235. The maximum atomic E-state index is 13.1. The number of pyridine rings is 1. The molecular weight excluding hydrogens is 328 g/mol. The van der Waals surface area contributed by atoms with Gasteiger partial charge in [0.2, 0.25) is 5.91 Å². The minimum absolute atomic E-state index is 0.0154. The fourth-order valence-corrected chi connectivity index (χ4v) is 3.18. The maximum absolute atomic E-state index is 13.1. The number of carbonyl (C=O) groups is 2. The summed E-state index contributed by atoms with van der Waals surface area (Å²) >= 11 is 0. The molecule has 0 spiro atoms. The van der Waals surface area contributed by atoms with Crippen molar-refractivity contribution in [1.29, 1.82) is 0 Å². The Bertz CT molecular complexity index is 1030. The summed E-state index contributed by atoms with van der Waals surface area (Å²) in [7, 11) is 0. The van der Waals surface area contributed by atoms with Gasteiger partial charge < -0.3 is 10.3 Å². The summed E-state index contributed by atoms with van der Waals surface area (Å²) in [5.74, 6) is -0.467. The largest absolute Gasteiger partial charge is 0.351 e. The predicted octanol–water partition coefficient (Wildman–Crippen LogP) is 3.46. The van der Waals surface area contributed by atoms with Gasteiger partial charge in [-0.1, -0.05) is 26.8 Å². The van der Waals surface area contributed by atoms with E-state index < -0.39 is 0 Å². The Balaban J connectivity index is 1.74. The molecule has 26 heavy (non-hydrogen) atoms. The van der Waals surface area contributed by atoms with Gasteiger partial charge in [0.15, 0.2) is 0 Å². The normalized spacial score (nSPS) is 14.3. The van der Waals surface area contributed by atoms with Gasteiger partial charge in [-0.15, -0.1) is 0 Å². The first-order valence-electron chi connectivity index (χ1n) is 8.52. The lowest BCUT2D eigenvalue weighted by Gasteiger charge is -2.28. The lowest BCUT2D eigenvalue weighted by Crippen LogP contribution is -2.42. The van der Waals surface area contributed by atoms with Crippen molar-refractivity contribution >= 4 is 34.1 Å². The number of nitrogens with zero attached hydrogens (tertiary/aromatic N) is 2. The van der Waals surface area contributed by atoms with E-state index in [1.165, 1.54) is 10.5 Å². The number of hydrogen-bond donors (Lipinski definition) is 2. The van der Waals surface area contributed by atoms with Crippen LogP contribution in [0, 0.1) is 0 Å². The number of carbonyl (C=O) groups excluding carboxylic acids is 2. The molecule has 6 nitrogen and oxygen atoms in total. The van der Waals surface area contributed by atoms with Gasteiger partial charge in [0, 0.05) is 17.1 Å². The number of hydrogen-bond acceptors (Lipinski definition) is 3. The van der Waals surface area contributed by atoms with E-state index in [0.717, 1.165) is 10.9 Å². The summed E-state index contributed by atoms with van der Waals surface area (Å²) < 4.78 is 0. The second-order valence-electron chi connectivity index (χ2n) is 7.57. The summed E-state index contributed by atoms with van der Waals surface area (Å²) in [6.45, 7) is 6.46. The van der Waals surface area contributed by atoms with Crippen LogP contribution in [0.4, 0.5) is 11.4 Å². The predicted molar refractivity (Wildman–Crippen MR) is 102 cm³/mol. The Morgan fingerprint density at radius 2 is 2.00 bits per heavy atom. The van der Waals surface area contributed by atoms with Crippen LogP contribution in [-0.4, -0.2) is 28.3 Å². The van der Waals surface area contributed by atoms with Crippen LogP contribution in [-0.2, 0) is 10.2 Å². The Labute approximate surface area is 151 Å². The third-order valence-electron chi connectivity index (χ3n) is 4.63. The van der Waals surface area contributed by atoms with Crippen molar-refractivity contribution in [1.82, 2.24) is 9.97 Å². The van der Waals surface area contributed by atoms with E-state index in [9.17, 15) is 9.59 Å². The molecule has 2 amide bonds. The van der Waals surface area contributed by atoms with Crippen LogP contribution in [0.3, 0.4) is 0 Å². The molecule has 0 unspecified atom stereocenters. The second kappa shape index (κ2) is 5.69. The van der Waals surface area contributed by atoms with Crippen molar-refractivity contribution < 1.29 is 9.59 Å². The van der Waals surface area contributed by atoms with Gasteiger partial charge in [0.05, 0.1) is 17.6 Å². The Morgan fingerprint density at radius 3 is 2.77 bits per heavy atom. The Hall–Kier alpha value is -3.15. The fourth-order valence-electron chi connectivity index (χ4n) is 3.18. The molecule has 2 N–H and O–H groups in total. The summed E-state index contributed by atoms with van der Waals surface area (Å²) in [5.41, 5.74) is 3.80. The molecule has 0 aliphatic carbocycles. The number of fused-ring (bicyclic) bond motifs is 2. The van der Waals surface area contributed by atoms with Crippen LogP contribution < -0.4 is 10.2 Å². The molecule has 3 heterocycles. The molecular formula is C20H20N4O2. The van der Waals surface area contributed by atoms with Crippen LogP contribution in [0.2, 0.25) is 0 Å². The highest BCUT2D eigenvalue weighted by atomic mass is 16.2. The third kappa shape index (κ3) is 2.73. The zero-order valence-corrected chi connectivity index (χ0v) is 15.0. The Morgan fingerprint density at radius 1 is 1.19 bits per heavy atom. The molecule has 3 aromatic rings. The lowest BCUT2D eigenvalue weighted by atomic mass is 9.86. The van der Waals surface area contributed by atoms with Crippen LogP contribution >= 0.6 is 0 Å². The average Bonchev–Trinajstić information content (AvgIpc) is 3.02. The van der Waals surface area contributed by atoms with E-state index in [0.29, 0.717) is 17.1 Å². The van der Waals surface area contributed by atoms with Gasteiger partial charge >= 0.3 is 0 Å². The van der Waals surface area contributed by atoms with E-state index in [1.807, 2.05) is 12.1 Å². The maximum Gasteiger partial charge on any atom is 0.275 e. The zero-order chi connectivity index (χ0) is 18.5. The quantitative estimate of drug-likeness (QED) is 0.707. The molecule has 0 fully saturated rings. The molecule has 1 aliphatic heterocycles. The molecule has 1 aliphatic rings. The zero-order valence-electron chi connectivity index (χ0n) is 15.0. The first-order valence-corrected chi connectivity index (χ1v) is 8.52. The monoisotopic (exact) mass is 348 g/mol. The van der Waals surface area contributed by atoms with Crippen molar-refractivity contribution in [2.24, 2.45) is 0 Å². The minimum Gasteiger partial charge on any atom is -0.351 e. The molecule has 0 bridgehead atoms. The molecule has 0 saturated heterocycles. The van der Waals surface area contributed by atoms with Crippen molar-refractivity contribution in [3.05, 3.63) is 54.0 Å². The molecule has 2 aromatic heterocycles. The van der Waals surface area contributed by atoms with Crippen LogP contribution in [0.1, 0.15) is 36.8 Å². The number of H-pyrrole nitrogens is 1. The van der Waals surface area contributed by atoms with E-state index >= 15 is 0 Å². The molecule has 0 atom stereocenters. The lowest BCUT2D eigenvalue weighted by molar-refractivity contribution is -0.115. The fraction of sp³-hybridized carbons (Fsp3) is 0.250. The SMILES string of the molecule is CC(C)(C)c1ccc2[nH]c(C(=O)N3CC(=O)Nc4cnccc43)cc2c1. The van der Waals surface area contributed by atoms with Crippen LogP contribution in [0.15, 0.2) is 42.7 Å². The van der Waals surface area contributed by atoms with Gasteiger partial charge in [-0.05, 0) is 35.2 Å². The smallest absolute Gasteiger partial charge is 0.275 e. The highest BCUT2D eigenvalue weighted by molar-refractivity contribution is 6.15. The van der Waals surface area contributed by atoms with Gasteiger partial charge in [0.25, 0.3) is 5.91 Å².